The van der Waals surface area contributed by atoms with Gasteiger partial charge in [-0.25, -0.2) is 0 Å². The van der Waals surface area contributed by atoms with Gasteiger partial charge in [0.2, 0.25) is 0 Å². The Kier molecular flexibility index (Phi) is 5.35. The van der Waals surface area contributed by atoms with Gasteiger partial charge in [0.1, 0.15) is 11.6 Å². The lowest BCUT2D eigenvalue weighted by molar-refractivity contribution is -0.167. The van der Waals surface area contributed by atoms with Gasteiger partial charge in [0, 0.05) is 0 Å². The quantitative estimate of drug-likeness (QED) is 0.763. The molecule has 2 atom stereocenters. The summed E-state index contributed by atoms with van der Waals surface area (Å²) < 4.78 is 5.34. The number of hydrogen-bond acceptors (Lipinski definition) is 4. The smallest absolute Gasteiger partial charge is 0.321 e. The molecule has 0 aliphatic heterocycles. The fourth-order valence-corrected chi connectivity index (χ4v) is 2.65. The van der Waals surface area contributed by atoms with Gasteiger partial charge in [-0.3, -0.25) is 9.59 Å². The van der Waals surface area contributed by atoms with Crippen LogP contribution in [0.2, 0.25) is 0 Å². The summed E-state index contributed by atoms with van der Waals surface area (Å²) in [6, 6.07) is -1.18. The Balaban J connectivity index is 2.84. The standard InChI is InChI=1S/C14H25NO4/c1-14(2,3)19-13(18)10(11(15)12(16)17)9-7-5-4-6-8-9/h9-11H,4-8,15H2,1-3H3,(H,16,17)/t10-,11-/m0/s1. The summed E-state index contributed by atoms with van der Waals surface area (Å²) >= 11 is 0. The van der Waals surface area contributed by atoms with Crippen molar-refractivity contribution in [3.63, 3.8) is 0 Å². The maximum absolute atomic E-state index is 12.2. The monoisotopic (exact) mass is 271 g/mol. The van der Waals surface area contributed by atoms with Crippen LogP contribution in [0.5, 0.6) is 0 Å². The van der Waals surface area contributed by atoms with E-state index in [-0.39, 0.29) is 5.92 Å². The van der Waals surface area contributed by atoms with Crippen molar-refractivity contribution in [3.05, 3.63) is 0 Å². The Labute approximate surface area is 114 Å². The lowest BCUT2D eigenvalue weighted by Crippen LogP contribution is -2.48. The average molecular weight is 271 g/mol. The SMILES string of the molecule is CC(C)(C)OC(=O)[C@@H](C1CCCCC1)[C@H](N)C(=O)O. The molecule has 3 N–H and O–H groups in total. The number of rotatable bonds is 4. The third-order valence-electron chi connectivity index (χ3n) is 3.51. The molecule has 1 rings (SSSR count). The average Bonchev–Trinajstić information content (AvgIpc) is 2.28. The first-order chi connectivity index (χ1) is 8.72. The van der Waals surface area contributed by atoms with Crippen molar-refractivity contribution in [2.75, 3.05) is 0 Å². The fraction of sp³-hybridized carbons (Fsp3) is 0.857. The highest BCUT2D eigenvalue weighted by Gasteiger charge is 2.40. The molecule has 0 amide bonds. The summed E-state index contributed by atoms with van der Waals surface area (Å²) in [5.74, 6) is -2.33. The van der Waals surface area contributed by atoms with Crippen molar-refractivity contribution in [3.8, 4) is 0 Å². The minimum atomic E-state index is -1.18. The molecular formula is C14H25NO4. The molecule has 5 nitrogen and oxygen atoms in total. The van der Waals surface area contributed by atoms with Gasteiger partial charge in [0.05, 0.1) is 5.92 Å². The fourth-order valence-electron chi connectivity index (χ4n) is 2.65. The van der Waals surface area contributed by atoms with Crippen LogP contribution in [0.4, 0.5) is 0 Å². The van der Waals surface area contributed by atoms with Gasteiger partial charge in [-0.2, -0.15) is 0 Å². The van der Waals surface area contributed by atoms with Crippen LogP contribution in [0.15, 0.2) is 0 Å². The van der Waals surface area contributed by atoms with E-state index in [4.69, 9.17) is 15.6 Å². The molecule has 0 aromatic rings. The molecule has 0 heterocycles. The van der Waals surface area contributed by atoms with E-state index in [1.807, 2.05) is 0 Å². The molecule has 110 valence electrons. The highest BCUT2D eigenvalue weighted by Crippen LogP contribution is 2.33. The van der Waals surface area contributed by atoms with Gasteiger partial charge in [-0.1, -0.05) is 19.3 Å². The van der Waals surface area contributed by atoms with Gasteiger partial charge in [-0.15, -0.1) is 0 Å². The molecule has 0 aromatic heterocycles. The zero-order valence-corrected chi connectivity index (χ0v) is 12.0. The molecule has 0 unspecified atom stereocenters. The number of carbonyl (C=O) groups is 2. The summed E-state index contributed by atoms with van der Waals surface area (Å²) in [6.07, 6.45) is 4.89. The second kappa shape index (κ2) is 6.37. The van der Waals surface area contributed by atoms with E-state index in [0.29, 0.717) is 0 Å². The molecule has 0 bridgehead atoms. The number of hydrogen-bond donors (Lipinski definition) is 2. The minimum Gasteiger partial charge on any atom is -0.480 e. The largest absolute Gasteiger partial charge is 0.480 e. The molecule has 1 fully saturated rings. The predicted octanol–water partition coefficient (Wildman–Crippen LogP) is 1.94. The van der Waals surface area contributed by atoms with Crippen LogP contribution in [0.25, 0.3) is 0 Å². The Morgan fingerprint density at radius 3 is 2.16 bits per heavy atom. The number of ether oxygens (including phenoxy) is 1. The van der Waals surface area contributed by atoms with E-state index in [1.165, 1.54) is 0 Å². The third-order valence-corrected chi connectivity index (χ3v) is 3.51. The Hall–Kier alpha value is -1.10. The molecule has 19 heavy (non-hydrogen) atoms. The van der Waals surface area contributed by atoms with Gasteiger partial charge in [0.25, 0.3) is 0 Å². The van der Waals surface area contributed by atoms with Gasteiger partial charge in [-0.05, 0) is 39.5 Å². The van der Waals surface area contributed by atoms with E-state index in [9.17, 15) is 9.59 Å². The summed E-state index contributed by atoms with van der Waals surface area (Å²) in [5.41, 5.74) is 5.09. The maximum atomic E-state index is 12.2. The number of esters is 1. The number of carboxylic acid groups (broad SMARTS) is 1. The van der Waals surface area contributed by atoms with Gasteiger partial charge in [0.15, 0.2) is 0 Å². The van der Waals surface area contributed by atoms with Crippen LogP contribution < -0.4 is 5.73 Å². The molecular weight excluding hydrogens is 246 g/mol. The second-order valence-corrected chi connectivity index (χ2v) is 6.32. The van der Waals surface area contributed by atoms with E-state index in [0.717, 1.165) is 32.1 Å². The molecule has 0 aromatic carbocycles. The van der Waals surface area contributed by atoms with Crippen LogP contribution >= 0.6 is 0 Å². The first kappa shape index (κ1) is 16.0. The van der Waals surface area contributed by atoms with Crippen molar-refractivity contribution >= 4 is 11.9 Å². The van der Waals surface area contributed by atoms with Crippen LogP contribution in [-0.4, -0.2) is 28.7 Å². The van der Waals surface area contributed by atoms with E-state index >= 15 is 0 Å². The number of nitrogens with two attached hydrogens (primary N) is 1. The molecule has 0 radical (unpaired) electrons. The van der Waals surface area contributed by atoms with E-state index < -0.39 is 29.5 Å². The van der Waals surface area contributed by atoms with Crippen molar-refractivity contribution in [1.29, 1.82) is 0 Å². The van der Waals surface area contributed by atoms with Crippen LogP contribution in [0.3, 0.4) is 0 Å². The van der Waals surface area contributed by atoms with Crippen LogP contribution in [0, 0.1) is 11.8 Å². The van der Waals surface area contributed by atoms with Crippen molar-refractivity contribution in [2.24, 2.45) is 17.6 Å². The maximum Gasteiger partial charge on any atom is 0.321 e. The van der Waals surface area contributed by atoms with Gasteiger partial charge < -0.3 is 15.6 Å². The first-order valence-corrected chi connectivity index (χ1v) is 6.93. The zero-order chi connectivity index (χ0) is 14.6. The normalized spacial score (nSPS) is 20.6. The van der Waals surface area contributed by atoms with Crippen molar-refractivity contribution in [2.45, 2.75) is 64.5 Å². The second-order valence-electron chi connectivity index (χ2n) is 6.32. The summed E-state index contributed by atoms with van der Waals surface area (Å²) in [4.78, 5) is 23.4. The molecule has 0 spiro atoms. The summed E-state index contributed by atoms with van der Waals surface area (Å²) in [7, 11) is 0. The molecule has 0 saturated heterocycles. The van der Waals surface area contributed by atoms with Gasteiger partial charge >= 0.3 is 11.9 Å². The van der Waals surface area contributed by atoms with Crippen molar-refractivity contribution in [1.82, 2.24) is 0 Å². The molecule has 1 saturated carbocycles. The van der Waals surface area contributed by atoms with E-state index in [2.05, 4.69) is 0 Å². The number of carbonyl (C=O) groups excluding carboxylic acids is 1. The zero-order valence-electron chi connectivity index (χ0n) is 12.0. The number of aliphatic carboxylic acids is 1. The Morgan fingerprint density at radius 1 is 1.21 bits per heavy atom. The van der Waals surface area contributed by atoms with Crippen LogP contribution in [0.1, 0.15) is 52.9 Å². The minimum absolute atomic E-state index is 0.0229. The number of carboxylic acids is 1. The summed E-state index contributed by atoms with van der Waals surface area (Å²) in [6.45, 7) is 5.32. The predicted molar refractivity (Wildman–Crippen MR) is 71.5 cm³/mol. The summed E-state index contributed by atoms with van der Waals surface area (Å²) in [5, 5.41) is 9.10. The molecule has 1 aliphatic rings. The highest BCUT2D eigenvalue weighted by atomic mass is 16.6. The van der Waals surface area contributed by atoms with Crippen LogP contribution in [-0.2, 0) is 14.3 Å². The Morgan fingerprint density at radius 2 is 1.74 bits per heavy atom. The lowest BCUT2D eigenvalue weighted by atomic mass is 9.76. The van der Waals surface area contributed by atoms with Crippen molar-refractivity contribution < 1.29 is 19.4 Å². The topological polar surface area (TPSA) is 89.6 Å². The lowest BCUT2D eigenvalue weighted by Gasteiger charge is -2.33. The molecule has 5 heteroatoms. The highest BCUT2D eigenvalue weighted by molar-refractivity contribution is 5.83. The third kappa shape index (κ3) is 4.82. The molecule has 1 aliphatic carbocycles. The van der Waals surface area contributed by atoms with E-state index in [1.54, 1.807) is 20.8 Å². The first-order valence-electron chi connectivity index (χ1n) is 6.93. The Bertz CT molecular complexity index is 329.